The van der Waals surface area contributed by atoms with Crippen LogP contribution >= 0.6 is 0 Å². The standard InChI is InChI=1S/C12H20/c1-3-4-5-6-9-12-10-7-8-11(12)2/h7-8H,3-6,9-10H2,1-2H3. The van der Waals surface area contributed by atoms with Gasteiger partial charge in [-0.2, -0.15) is 0 Å². The zero-order valence-electron chi connectivity index (χ0n) is 8.40. The van der Waals surface area contributed by atoms with Gasteiger partial charge in [0.1, 0.15) is 0 Å². The minimum atomic E-state index is 1.22. The molecule has 68 valence electrons. The van der Waals surface area contributed by atoms with Crippen molar-refractivity contribution in [1.29, 1.82) is 0 Å². The van der Waals surface area contributed by atoms with Gasteiger partial charge < -0.3 is 0 Å². The smallest absolute Gasteiger partial charge is 0.0130 e. The van der Waals surface area contributed by atoms with Crippen LogP contribution in [-0.2, 0) is 0 Å². The summed E-state index contributed by atoms with van der Waals surface area (Å²) < 4.78 is 0. The first kappa shape index (κ1) is 9.57. The van der Waals surface area contributed by atoms with Crippen molar-refractivity contribution < 1.29 is 0 Å². The quantitative estimate of drug-likeness (QED) is 0.533. The molecule has 0 bridgehead atoms. The molecule has 0 fully saturated rings. The van der Waals surface area contributed by atoms with Crippen LogP contribution in [0.4, 0.5) is 0 Å². The topological polar surface area (TPSA) is 0 Å². The molecule has 0 N–H and O–H groups in total. The highest BCUT2D eigenvalue weighted by molar-refractivity contribution is 5.31. The van der Waals surface area contributed by atoms with E-state index in [1.165, 1.54) is 44.1 Å². The van der Waals surface area contributed by atoms with Crippen molar-refractivity contribution in [2.24, 2.45) is 0 Å². The molecular formula is C12H20. The molecule has 1 aliphatic carbocycles. The summed E-state index contributed by atoms with van der Waals surface area (Å²) in [6.45, 7) is 4.50. The van der Waals surface area contributed by atoms with E-state index in [2.05, 4.69) is 26.0 Å². The first-order valence-electron chi connectivity index (χ1n) is 5.19. The highest BCUT2D eigenvalue weighted by atomic mass is 14.1. The third-order valence-corrected chi connectivity index (χ3v) is 2.62. The van der Waals surface area contributed by atoms with Crippen molar-refractivity contribution in [3.8, 4) is 0 Å². The molecule has 0 amide bonds. The summed E-state index contributed by atoms with van der Waals surface area (Å²) in [4.78, 5) is 0. The molecule has 1 aliphatic rings. The van der Waals surface area contributed by atoms with Gasteiger partial charge in [0.15, 0.2) is 0 Å². The molecule has 0 aromatic carbocycles. The summed E-state index contributed by atoms with van der Waals surface area (Å²) in [6.07, 6.45) is 12.6. The molecule has 0 saturated heterocycles. The first-order valence-corrected chi connectivity index (χ1v) is 5.19. The number of hydrogen-bond donors (Lipinski definition) is 0. The Bertz CT molecular complexity index is 184. The van der Waals surface area contributed by atoms with Crippen molar-refractivity contribution >= 4 is 0 Å². The molecule has 0 unspecified atom stereocenters. The van der Waals surface area contributed by atoms with Crippen molar-refractivity contribution in [2.45, 2.75) is 52.4 Å². The van der Waals surface area contributed by atoms with E-state index in [4.69, 9.17) is 0 Å². The van der Waals surface area contributed by atoms with Crippen LogP contribution in [0.3, 0.4) is 0 Å². The fourth-order valence-corrected chi connectivity index (χ4v) is 1.72. The highest BCUT2D eigenvalue weighted by Crippen LogP contribution is 2.23. The molecular weight excluding hydrogens is 144 g/mol. The summed E-state index contributed by atoms with van der Waals surface area (Å²) in [5.74, 6) is 0. The Morgan fingerprint density at radius 1 is 1.25 bits per heavy atom. The van der Waals surface area contributed by atoms with Crippen LogP contribution in [0.15, 0.2) is 23.3 Å². The lowest BCUT2D eigenvalue weighted by molar-refractivity contribution is 0.660. The maximum absolute atomic E-state index is 2.28. The predicted octanol–water partition coefficient (Wildman–Crippen LogP) is 4.23. The van der Waals surface area contributed by atoms with Crippen molar-refractivity contribution in [1.82, 2.24) is 0 Å². The molecule has 1 rings (SSSR count). The van der Waals surface area contributed by atoms with E-state index < -0.39 is 0 Å². The Morgan fingerprint density at radius 2 is 2.08 bits per heavy atom. The second kappa shape index (κ2) is 5.18. The van der Waals surface area contributed by atoms with E-state index in [-0.39, 0.29) is 0 Å². The van der Waals surface area contributed by atoms with Gasteiger partial charge in [-0.15, -0.1) is 0 Å². The zero-order chi connectivity index (χ0) is 8.81. The average molecular weight is 164 g/mol. The van der Waals surface area contributed by atoms with E-state index in [1.54, 1.807) is 5.57 Å². The molecule has 0 nitrogen and oxygen atoms in total. The van der Waals surface area contributed by atoms with E-state index in [0.29, 0.717) is 0 Å². The van der Waals surface area contributed by atoms with Crippen molar-refractivity contribution in [2.75, 3.05) is 0 Å². The maximum Gasteiger partial charge on any atom is -0.0130 e. The molecule has 0 atom stereocenters. The number of rotatable bonds is 5. The molecule has 0 heteroatoms. The van der Waals surface area contributed by atoms with Gasteiger partial charge in [-0.1, -0.05) is 49.5 Å². The molecule has 0 heterocycles. The van der Waals surface area contributed by atoms with Gasteiger partial charge >= 0.3 is 0 Å². The van der Waals surface area contributed by atoms with Crippen LogP contribution in [0, 0.1) is 0 Å². The van der Waals surface area contributed by atoms with Gasteiger partial charge in [0.2, 0.25) is 0 Å². The molecule has 0 aromatic rings. The number of unbranched alkanes of at least 4 members (excludes halogenated alkanes) is 3. The van der Waals surface area contributed by atoms with Gasteiger partial charge in [-0.25, -0.2) is 0 Å². The molecule has 0 aromatic heterocycles. The fourth-order valence-electron chi connectivity index (χ4n) is 1.72. The summed E-state index contributed by atoms with van der Waals surface area (Å²) in [6, 6.07) is 0. The second-order valence-corrected chi connectivity index (χ2v) is 3.70. The van der Waals surface area contributed by atoms with E-state index in [9.17, 15) is 0 Å². The summed E-state index contributed by atoms with van der Waals surface area (Å²) >= 11 is 0. The lowest BCUT2D eigenvalue weighted by Crippen LogP contribution is -1.83. The summed E-state index contributed by atoms with van der Waals surface area (Å²) in [5.41, 5.74) is 3.19. The van der Waals surface area contributed by atoms with Gasteiger partial charge in [-0.05, 0) is 26.2 Å². The van der Waals surface area contributed by atoms with Crippen LogP contribution in [0.25, 0.3) is 0 Å². The SMILES string of the molecule is CCCCCCC1=C(C)C=CC1. The van der Waals surface area contributed by atoms with Gasteiger partial charge in [0.05, 0.1) is 0 Å². The zero-order valence-corrected chi connectivity index (χ0v) is 8.40. The summed E-state index contributed by atoms with van der Waals surface area (Å²) in [5, 5.41) is 0. The third-order valence-electron chi connectivity index (χ3n) is 2.62. The lowest BCUT2D eigenvalue weighted by atomic mass is 10.0. The Kier molecular flexibility index (Phi) is 4.13. The van der Waals surface area contributed by atoms with Crippen molar-refractivity contribution in [3.63, 3.8) is 0 Å². The van der Waals surface area contributed by atoms with Crippen LogP contribution in [-0.4, -0.2) is 0 Å². The Balaban J connectivity index is 2.12. The van der Waals surface area contributed by atoms with Gasteiger partial charge in [-0.3, -0.25) is 0 Å². The van der Waals surface area contributed by atoms with E-state index >= 15 is 0 Å². The van der Waals surface area contributed by atoms with Crippen LogP contribution < -0.4 is 0 Å². The predicted molar refractivity (Wildman–Crippen MR) is 55.2 cm³/mol. The minimum Gasteiger partial charge on any atom is -0.0802 e. The Hall–Kier alpha value is -0.520. The fraction of sp³-hybridized carbons (Fsp3) is 0.667. The maximum atomic E-state index is 2.28. The van der Waals surface area contributed by atoms with Gasteiger partial charge in [0, 0.05) is 0 Å². The molecule has 0 aliphatic heterocycles. The summed E-state index contributed by atoms with van der Waals surface area (Å²) in [7, 11) is 0. The van der Waals surface area contributed by atoms with Crippen LogP contribution in [0.1, 0.15) is 52.4 Å². The monoisotopic (exact) mass is 164 g/mol. The molecule has 0 spiro atoms. The van der Waals surface area contributed by atoms with Crippen LogP contribution in [0.5, 0.6) is 0 Å². The van der Waals surface area contributed by atoms with E-state index in [1.807, 2.05) is 0 Å². The van der Waals surface area contributed by atoms with E-state index in [0.717, 1.165) is 0 Å². The average Bonchev–Trinajstić information content (AvgIpc) is 2.46. The first-order chi connectivity index (χ1) is 5.84. The third kappa shape index (κ3) is 2.84. The number of hydrogen-bond acceptors (Lipinski definition) is 0. The highest BCUT2D eigenvalue weighted by Gasteiger charge is 2.03. The number of allylic oxidation sites excluding steroid dienone is 4. The Morgan fingerprint density at radius 3 is 2.67 bits per heavy atom. The second-order valence-electron chi connectivity index (χ2n) is 3.70. The molecule has 0 radical (unpaired) electrons. The Labute approximate surface area is 76.4 Å². The normalized spacial score (nSPS) is 16.2. The molecule has 0 saturated carbocycles. The molecule has 12 heavy (non-hydrogen) atoms. The minimum absolute atomic E-state index is 1.22. The van der Waals surface area contributed by atoms with Crippen molar-refractivity contribution in [3.05, 3.63) is 23.3 Å². The largest absolute Gasteiger partial charge is 0.0802 e. The lowest BCUT2D eigenvalue weighted by Gasteiger charge is -2.02. The van der Waals surface area contributed by atoms with Gasteiger partial charge in [0.25, 0.3) is 0 Å². The van der Waals surface area contributed by atoms with Crippen LogP contribution in [0.2, 0.25) is 0 Å².